The molecule has 2 heterocycles. The number of piperidine rings is 1. The van der Waals surface area contributed by atoms with Crippen LogP contribution in [0.1, 0.15) is 61.4 Å². The van der Waals surface area contributed by atoms with Crippen LogP contribution < -0.4 is 5.32 Å². The van der Waals surface area contributed by atoms with E-state index in [1.807, 2.05) is 13.0 Å². The van der Waals surface area contributed by atoms with E-state index in [0.717, 1.165) is 30.6 Å². The number of nitrogens with one attached hydrogen (secondary N) is 2. The molecule has 1 aliphatic heterocycles. The molecule has 0 spiro atoms. The van der Waals surface area contributed by atoms with Gasteiger partial charge in [0, 0.05) is 12.5 Å². The molecule has 1 aliphatic rings. The van der Waals surface area contributed by atoms with Crippen LogP contribution >= 0.6 is 0 Å². The first-order valence-electron chi connectivity index (χ1n) is 11.5. The lowest BCUT2D eigenvalue weighted by atomic mass is 9.83. The van der Waals surface area contributed by atoms with Crippen molar-refractivity contribution >= 4 is 5.97 Å². The first-order chi connectivity index (χ1) is 15.7. The SMILES string of the molecule is CCCC(C(=O)O)C(Cc1cccc(-c2cccc(C3CCCNC3)c2)c1)c1nn[nH]n1. The molecule has 3 atom stereocenters. The number of nitrogens with zero attached hydrogens (tertiary/aromatic N) is 3. The molecule has 3 aromatic rings. The van der Waals surface area contributed by atoms with Gasteiger partial charge >= 0.3 is 5.97 Å². The quantitative estimate of drug-likeness (QED) is 0.468. The second-order valence-electron chi connectivity index (χ2n) is 8.68. The summed E-state index contributed by atoms with van der Waals surface area (Å²) >= 11 is 0. The van der Waals surface area contributed by atoms with Gasteiger partial charge in [0.05, 0.1) is 5.92 Å². The van der Waals surface area contributed by atoms with Crippen molar-refractivity contribution in [1.82, 2.24) is 25.9 Å². The fourth-order valence-electron chi connectivity index (χ4n) is 4.79. The predicted octanol–water partition coefficient (Wildman–Crippen LogP) is 4.16. The molecule has 1 fully saturated rings. The molecule has 1 aromatic heterocycles. The minimum atomic E-state index is -0.813. The van der Waals surface area contributed by atoms with E-state index in [9.17, 15) is 9.90 Å². The Labute approximate surface area is 188 Å². The minimum Gasteiger partial charge on any atom is -0.481 e. The summed E-state index contributed by atoms with van der Waals surface area (Å²) in [6.07, 6.45) is 4.34. The molecule has 1 saturated heterocycles. The van der Waals surface area contributed by atoms with Crippen LogP contribution in [0.4, 0.5) is 0 Å². The van der Waals surface area contributed by atoms with E-state index in [0.29, 0.717) is 24.6 Å². The number of carboxylic acids is 1. The van der Waals surface area contributed by atoms with Gasteiger partial charge in [-0.2, -0.15) is 5.21 Å². The van der Waals surface area contributed by atoms with Crippen molar-refractivity contribution in [2.45, 2.75) is 50.9 Å². The number of aromatic amines is 1. The van der Waals surface area contributed by atoms with Crippen molar-refractivity contribution in [3.63, 3.8) is 0 Å². The number of rotatable bonds is 9. The molecular formula is C25H31N5O2. The average Bonchev–Trinajstić information content (AvgIpc) is 3.37. The highest BCUT2D eigenvalue weighted by Crippen LogP contribution is 2.32. The number of benzene rings is 2. The third kappa shape index (κ3) is 5.22. The second kappa shape index (κ2) is 10.5. The Morgan fingerprint density at radius 1 is 1.19 bits per heavy atom. The molecule has 0 bridgehead atoms. The first-order valence-corrected chi connectivity index (χ1v) is 11.5. The van der Waals surface area contributed by atoms with E-state index in [4.69, 9.17) is 0 Å². The van der Waals surface area contributed by atoms with Crippen molar-refractivity contribution in [3.05, 3.63) is 65.5 Å². The van der Waals surface area contributed by atoms with Gasteiger partial charge in [0.2, 0.25) is 0 Å². The van der Waals surface area contributed by atoms with Gasteiger partial charge in [0.1, 0.15) is 0 Å². The van der Waals surface area contributed by atoms with Crippen LogP contribution in [0, 0.1) is 5.92 Å². The summed E-state index contributed by atoms with van der Waals surface area (Å²) in [5.41, 5.74) is 4.78. The molecule has 7 heteroatoms. The summed E-state index contributed by atoms with van der Waals surface area (Å²) < 4.78 is 0. The molecule has 0 radical (unpaired) electrons. The lowest BCUT2D eigenvalue weighted by Gasteiger charge is -2.23. The Kier molecular flexibility index (Phi) is 7.27. The third-order valence-electron chi connectivity index (χ3n) is 6.47. The molecule has 2 aromatic carbocycles. The van der Waals surface area contributed by atoms with Crippen molar-refractivity contribution in [1.29, 1.82) is 0 Å². The highest BCUT2D eigenvalue weighted by Gasteiger charge is 2.32. The molecule has 3 N–H and O–H groups in total. The van der Waals surface area contributed by atoms with Crippen molar-refractivity contribution in [2.24, 2.45) is 5.92 Å². The Bertz CT molecular complexity index is 1010. The van der Waals surface area contributed by atoms with E-state index in [1.54, 1.807) is 0 Å². The van der Waals surface area contributed by atoms with Gasteiger partial charge < -0.3 is 10.4 Å². The highest BCUT2D eigenvalue weighted by atomic mass is 16.4. The van der Waals surface area contributed by atoms with Crippen molar-refractivity contribution in [3.8, 4) is 11.1 Å². The topological polar surface area (TPSA) is 104 Å². The number of aliphatic carboxylic acids is 1. The Morgan fingerprint density at radius 3 is 2.69 bits per heavy atom. The molecule has 4 rings (SSSR count). The number of aromatic nitrogens is 4. The van der Waals surface area contributed by atoms with Crippen molar-refractivity contribution < 1.29 is 9.90 Å². The zero-order valence-corrected chi connectivity index (χ0v) is 18.5. The van der Waals surface area contributed by atoms with Gasteiger partial charge in [0.15, 0.2) is 5.82 Å². The fraction of sp³-hybridized carbons (Fsp3) is 0.440. The second-order valence-corrected chi connectivity index (χ2v) is 8.68. The number of hydrogen-bond acceptors (Lipinski definition) is 5. The molecule has 0 saturated carbocycles. The van der Waals surface area contributed by atoms with Gasteiger partial charge in [-0.1, -0.05) is 67.1 Å². The lowest BCUT2D eigenvalue weighted by molar-refractivity contribution is -0.142. The predicted molar refractivity (Wildman–Crippen MR) is 123 cm³/mol. The normalized spacial score (nSPS) is 18.2. The van der Waals surface area contributed by atoms with E-state index in [2.05, 4.69) is 68.4 Å². The van der Waals surface area contributed by atoms with E-state index < -0.39 is 11.9 Å². The van der Waals surface area contributed by atoms with E-state index in [1.165, 1.54) is 24.0 Å². The van der Waals surface area contributed by atoms with Crippen LogP contribution in [0.5, 0.6) is 0 Å². The molecule has 0 amide bonds. The van der Waals surface area contributed by atoms with Crippen LogP contribution in [0.2, 0.25) is 0 Å². The maximum Gasteiger partial charge on any atom is 0.307 e. The van der Waals surface area contributed by atoms with Gasteiger partial charge in [-0.3, -0.25) is 4.79 Å². The zero-order valence-electron chi connectivity index (χ0n) is 18.5. The lowest BCUT2D eigenvalue weighted by Crippen LogP contribution is -2.28. The molecular weight excluding hydrogens is 402 g/mol. The maximum atomic E-state index is 12.0. The van der Waals surface area contributed by atoms with E-state index >= 15 is 0 Å². The summed E-state index contributed by atoms with van der Waals surface area (Å²) in [5.74, 6) is -0.681. The fourth-order valence-corrected chi connectivity index (χ4v) is 4.79. The molecule has 168 valence electrons. The average molecular weight is 434 g/mol. The first kappa shape index (κ1) is 22.1. The van der Waals surface area contributed by atoms with Crippen LogP contribution in [0.3, 0.4) is 0 Å². The molecule has 7 nitrogen and oxygen atoms in total. The van der Waals surface area contributed by atoms with Gasteiger partial charge in [-0.25, -0.2) is 0 Å². The smallest absolute Gasteiger partial charge is 0.307 e. The number of tetrazole rings is 1. The Balaban J connectivity index is 1.60. The monoisotopic (exact) mass is 433 g/mol. The summed E-state index contributed by atoms with van der Waals surface area (Å²) in [6, 6.07) is 17.2. The number of carboxylic acid groups (broad SMARTS) is 1. The van der Waals surface area contributed by atoms with Gasteiger partial charge in [-0.05, 0) is 60.4 Å². The summed E-state index contributed by atoms with van der Waals surface area (Å²) in [4.78, 5) is 12.0. The molecule has 32 heavy (non-hydrogen) atoms. The van der Waals surface area contributed by atoms with E-state index in [-0.39, 0.29) is 5.92 Å². The number of carbonyl (C=O) groups is 1. The summed E-state index contributed by atoms with van der Waals surface area (Å²) in [7, 11) is 0. The van der Waals surface area contributed by atoms with Gasteiger partial charge in [-0.15, -0.1) is 10.2 Å². The number of H-pyrrole nitrogens is 1. The highest BCUT2D eigenvalue weighted by molar-refractivity contribution is 5.71. The van der Waals surface area contributed by atoms with Gasteiger partial charge in [0.25, 0.3) is 0 Å². The molecule has 0 aliphatic carbocycles. The Morgan fingerprint density at radius 2 is 2.00 bits per heavy atom. The van der Waals surface area contributed by atoms with Crippen LogP contribution in [0.15, 0.2) is 48.5 Å². The van der Waals surface area contributed by atoms with Crippen LogP contribution in [-0.2, 0) is 11.2 Å². The van der Waals surface area contributed by atoms with Crippen molar-refractivity contribution in [2.75, 3.05) is 13.1 Å². The third-order valence-corrected chi connectivity index (χ3v) is 6.47. The largest absolute Gasteiger partial charge is 0.481 e. The Hall–Kier alpha value is -3.06. The van der Waals surface area contributed by atoms with Crippen LogP contribution in [-0.4, -0.2) is 44.8 Å². The zero-order chi connectivity index (χ0) is 22.3. The minimum absolute atomic E-state index is 0.332. The maximum absolute atomic E-state index is 12.0. The standard InChI is InChI=1S/C25H31N5O2/c1-2-6-22(25(31)32)23(24-27-29-30-28-24)14-17-7-3-8-18(13-17)19-9-4-10-20(15-19)21-11-5-12-26-16-21/h3-4,7-10,13,15,21-23,26H,2,5-6,11-12,14,16H2,1H3,(H,31,32)(H,27,28,29,30). The number of hydrogen-bond donors (Lipinski definition) is 3. The summed E-state index contributed by atoms with van der Waals surface area (Å²) in [5, 5.41) is 27.7. The molecule has 3 unspecified atom stereocenters. The summed E-state index contributed by atoms with van der Waals surface area (Å²) in [6.45, 7) is 4.14. The van der Waals surface area contributed by atoms with Crippen LogP contribution in [0.25, 0.3) is 11.1 Å².